The topological polar surface area (TPSA) is 136 Å². The van der Waals surface area contributed by atoms with Gasteiger partial charge in [0, 0.05) is 36.6 Å². The van der Waals surface area contributed by atoms with Gasteiger partial charge in [-0.15, -0.1) is 0 Å². The molecule has 1 saturated heterocycles. The van der Waals surface area contributed by atoms with Gasteiger partial charge in [-0.25, -0.2) is 23.2 Å². The maximum absolute atomic E-state index is 13.5. The van der Waals surface area contributed by atoms with Crippen LogP contribution >= 0.6 is 0 Å². The Morgan fingerprint density at radius 1 is 1.06 bits per heavy atom. The van der Waals surface area contributed by atoms with Gasteiger partial charge in [0.15, 0.2) is 15.7 Å². The van der Waals surface area contributed by atoms with Gasteiger partial charge in [-0.05, 0) is 62.8 Å². The molecule has 5 rings (SSSR count). The summed E-state index contributed by atoms with van der Waals surface area (Å²) in [4.78, 5) is 21.0. The normalized spacial score (nSPS) is 20.5. The van der Waals surface area contributed by atoms with Gasteiger partial charge in [0.1, 0.15) is 10.6 Å². The molecule has 10 heteroatoms. The zero-order chi connectivity index (χ0) is 22.3. The first-order chi connectivity index (χ1) is 15.4. The Balaban J connectivity index is 1.44. The molecule has 0 unspecified atom stereocenters. The molecule has 1 aromatic heterocycles. The van der Waals surface area contributed by atoms with E-state index in [4.69, 9.17) is 10.5 Å². The van der Waals surface area contributed by atoms with Gasteiger partial charge in [-0.1, -0.05) is 0 Å². The van der Waals surface area contributed by atoms with Crippen LogP contribution in [0.4, 0.5) is 16.3 Å². The van der Waals surface area contributed by atoms with Gasteiger partial charge in [-0.2, -0.15) is 0 Å². The fraction of sp³-hybridized carbons (Fsp3) is 0.500. The minimum Gasteiger partial charge on any atom is -0.384 e. The Morgan fingerprint density at radius 3 is 2.38 bits per heavy atom. The van der Waals surface area contributed by atoms with Gasteiger partial charge in [-0.3, -0.25) is 0 Å². The number of ether oxygens (including phenoxy) is 1. The Kier molecular flexibility index (Phi) is 5.29. The van der Waals surface area contributed by atoms with E-state index < -0.39 is 14.6 Å². The van der Waals surface area contributed by atoms with Gasteiger partial charge < -0.3 is 21.1 Å². The van der Waals surface area contributed by atoms with Crippen molar-refractivity contribution in [1.82, 2.24) is 15.3 Å². The van der Waals surface area contributed by atoms with E-state index in [1.807, 2.05) is 0 Å². The standard InChI is InChI=1S/C22H27N5O4S/c23-19-13-18(22(9-11-31-12-10-22)32(29,30)17-7-8-17)26-20(27-19)14-1-3-15(4-2-14)24-21(28)25-16-5-6-16/h1-4,13,16-17H,5-12H2,(H2,23,26,27)(H2,24,25,28). The van der Waals surface area contributed by atoms with E-state index >= 15 is 0 Å². The predicted octanol–water partition coefficient (Wildman–Crippen LogP) is 2.59. The third-order valence-electron chi connectivity index (χ3n) is 6.33. The van der Waals surface area contributed by atoms with Crippen LogP contribution in [0.1, 0.15) is 44.2 Å². The summed E-state index contributed by atoms with van der Waals surface area (Å²) in [5.41, 5.74) is 7.89. The highest BCUT2D eigenvalue weighted by atomic mass is 32.2. The van der Waals surface area contributed by atoms with Crippen molar-refractivity contribution in [3.63, 3.8) is 0 Å². The van der Waals surface area contributed by atoms with Crippen molar-refractivity contribution in [1.29, 1.82) is 0 Å². The Labute approximate surface area is 187 Å². The van der Waals surface area contributed by atoms with Crippen LogP contribution in [0.25, 0.3) is 11.4 Å². The minimum absolute atomic E-state index is 0.227. The minimum atomic E-state index is -3.42. The Hall–Kier alpha value is -2.72. The number of benzene rings is 1. The second-order valence-electron chi connectivity index (χ2n) is 8.80. The number of aromatic nitrogens is 2. The van der Waals surface area contributed by atoms with Gasteiger partial charge >= 0.3 is 6.03 Å². The molecule has 0 radical (unpaired) electrons. The molecule has 2 aliphatic carbocycles. The number of rotatable bonds is 6. The molecule has 2 saturated carbocycles. The average molecular weight is 458 g/mol. The summed E-state index contributed by atoms with van der Waals surface area (Å²) < 4.78 is 31.3. The number of amides is 2. The number of anilines is 2. The summed E-state index contributed by atoms with van der Waals surface area (Å²) in [7, 11) is -3.42. The van der Waals surface area contributed by atoms with E-state index in [1.165, 1.54) is 0 Å². The molecule has 0 atom stereocenters. The number of nitrogens with two attached hydrogens (primary N) is 1. The van der Waals surface area contributed by atoms with E-state index in [0.29, 0.717) is 61.7 Å². The fourth-order valence-electron chi connectivity index (χ4n) is 4.20. The highest BCUT2D eigenvalue weighted by Crippen LogP contribution is 2.47. The lowest BCUT2D eigenvalue weighted by molar-refractivity contribution is 0.0729. The van der Waals surface area contributed by atoms with Crippen LogP contribution in [0, 0.1) is 0 Å². The molecule has 2 amide bonds. The molecule has 0 bridgehead atoms. The van der Waals surface area contributed by atoms with Crippen LogP contribution in [0.5, 0.6) is 0 Å². The zero-order valence-electron chi connectivity index (χ0n) is 17.7. The van der Waals surface area contributed by atoms with E-state index in [0.717, 1.165) is 12.8 Å². The molecule has 9 nitrogen and oxygen atoms in total. The third kappa shape index (κ3) is 4.04. The number of carbonyl (C=O) groups is 1. The van der Waals surface area contributed by atoms with Crippen molar-refractivity contribution in [3.8, 4) is 11.4 Å². The second kappa shape index (κ2) is 8.00. The number of hydrogen-bond acceptors (Lipinski definition) is 7. The van der Waals surface area contributed by atoms with Crippen LogP contribution in [-0.4, -0.2) is 48.9 Å². The lowest BCUT2D eigenvalue weighted by Gasteiger charge is -2.36. The van der Waals surface area contributed by atoms with Crippen molar-refractivity contribution in [2.24, 2.45) is 0 Å². The molecule has 0 spiro atoms. The van der Waals surface area contributed by atoms with E-state index in [1.54, 1.807) is 30.3 Å². The maximum atomic E-state index is 13.5. The summed E-state index contributed by atoms with van der Waals surface area (Å²) in [6, 6.07) is 8.74. The highest BCUT2D eigenvalue weighted by Gasteiger charge is 2.54. The first-order valence-corrected chi connectivity index (χ1v) is 12.6. The molecular weight excluding hydrogens is 430 g/mol. The predicted molar refractivity (Wildman–Crippen MR) is 121 cm³/mol. The summed E-state index contributed by atoms with van der Waals surface area (Å²) >= 11 is 0. The number of nitrogens with zero attached hydrogens (tertiary/aromatic N) is 2. The first kappa shape index (κ1) is 21.1. The molecule has 170 valence electrons. The number of hydrogen-bond donors (Lipinski definition) is 3. The summed E-state index contributed by atoms with van der Waals surface area (Å²) in [5, 5.41) is 5.36. The SMILES string of the molecule is Nc1cc(C2(S(=O)(=O)C3CC3)CCOCC2)nc(-c2ccc(NC(=O)NC3CC3)cc2)n1. The van der Waals surface area contributed by atoms with Crippen LogP contribution in [0.3, 0.4) is 0 Å². The Morgan fingerprint density at radius 2 is 1.75 bits per heavy atom. The van der Waals surface area contributed by atoms with Crippen LogP contribution in [-0.2, 0) is 19.3 Å². The van der Waals surface area contributed by atoms with E-state index in [2.05, 4.69) is 20.6 Å². The zero-order valence-corrected chi connectivity index (χ0v) is 18.5. The number of nitrogen functional groups attached to an aromatic ring is 1. The van der Waals surface area contributed by atoms with Crippen LogP contribution in [0.15, 0.2) is 30.3 Å². The van der Waals surface area contributed by atoms with Gasteiger partial charge in [0.05, 0.1) is 10.9 Å². The van der Waals surface area contributed by atoms with Crippen molar-refractivity contribution < 1.29 is 17.9 Å². The van der Waals surface area contributed by atoms with Gasteiger partial charge in [0.2, 0.25) is 0 Å². The lowest BCUT2D eigenvalue weighted by atomic mass is 9.94. The molecule has 32 heavy (non-hydrogen) atoms. The number of carbonyl (C=O) groups excluding carboxylic acids is 1. The lowest BCUT2D eigenvalue weighted by Crippen LogP contribution is -2.44. The maximum Gasteiger partial charge on any atom is 0.319 e. The first-order valence-electron chi connectivity index (χ1n) is 11.0. The molecule has 2 aromatic rings. The smallest absolute Gasteiger partial charge is 0.319 e. The molecule has 2 heterocycles. The number of sulfone groups is 1. The molecule has 1 aliphatic heterocycles. The number of nitrogens with one attached hydrogen (secondary N) is 2. The molecule has 3 aliphatic rings. The highest BCUT2D eigenvalue weighted by molar-refractivity contribution is 7.93. The summed E-state index contributed by atoms with van der Waals surface area (Å²) in [6.07, 6.45) is 4.15. The quantitative estimate of drug-likeness (QED) is 0.606. The van der Waals surface area contributed by atoms with Crippen LogP contribution < -0.4 is 16.4 Å². The van der Waals surface area contributed by atoms with Crippen molar-refractivity contribution >= 4 is 27.4 Å². The summed E-state index contributed by atoms with van der Waals surface area (Å²) in [5.74, 6) is 0.596. The average Bonchev–Trinajstić information content (AvgIpc) is 3.68. The fourth-order valence-corrected chi connectivity index (χ4v) is 6.72. The van der Waals surface area contributed by atoms with Crippen molar-refractivity contribution in [3.05, 3.63) is 36.0 Å². The van der Waals surface area contributed by atoms with Crippen molar-refractivity contribution in [2.45, 2.75) is 54.6 Å². The van der Waals surface area contributed by atoms with E-state index in [9.17, 15) is 13.2 Å². The van der Waals surface area contributed by atoms with Crippen molar-refractivity contribution in [2.75, 3.05) is 24.3 Å². The Bertz CT molecular complexity index is 1120. The molecule has 4 N–H and O–H groups in total. The number of urea groups is 1. The van der Waals surface area contributed by atoms with Gasteiger partial charge in [0.25, 0.3) is 0 Å². The largest absolute Gasteiger partial charge is 0.384 e. The van der Waals surface area contributed by atoms with E-state index in [-0.39, 0.29) is 23.1 Å². The molecular formula is C22H27N5O4S. The molecule has 3 fully saturated rings. The molecule has 1 aromatic carbocycles. The summed E-state index contributed by atoms with van der Waals surface area (Å²) in [6.45, 7) is 0.739. The van der Waals surface area contributed by atoms with Crippen LogP contribution in [0.2, 0.25) is 0 Å². The monoisotopic (exact) mass is 457 g/mol. The second-order valence-corrected chi connectivity index (χ2v) is 11.3. The third-order valence-corrected chi connectivity index (χ3v) is 9.39.